The Morgan fingerprint density at radius 1 is 1.70 bits per heavy atom. The summed E-state index contributed by atoms with van der Waals surface area (Å²) in [5.74, 6) is 0.928. The third-order valence-corrected chi connectivity index (χ3v) is 2.00. The molecule has 0 N–H and O–H groups in total. The standard InChI is InChI=1S/C7H11N3/c1-10-7(5-8-9-10)4-6-2-3-6/h5-6H,2-4H2,1H3. The average molecular weight is 137 g/mol. The van der Waals surface area contributed by atoms with Crippen molar-refractivity contribution in [3.05, 3.63) is 11.9 Å². The number of nitrogens with zero attached hydrogens (tertiary/aromatic N) is 3. The molecule has 0 radical (unpaired) electrons. The Morgan fingerprint density at radius 2 is 2.50 bits per heavy atom. The molecule has 3 heteroatoms. The van der Waals surface area contributed by atoms with Crippen LogP contribution in [0.1, 0.15) is 18.5 Å². The van der Waals surface area contributed by atoms with Crippen molar-refractivity contribution in [1.82, 2.24) is 15.0 Å². The molecule has 1 heterocycles. The molecule has 0 atom stereocenters. The molecule has 54 valence electrons. The lowest BCUT2D eigenvalue weighted by Crippen LogP contribution is -1.98. The maximum absolute atomic E-state index is 3.86. The lowest BCUT2D eigenvalue weighted by atomic mass is 10.2. The minimum atomic E-state index is 0.928. The zero-order valence-electron chi connectivity index (χ0n) is 6.12. The summed E-state index contributed by atoms with van der Waals surface area (Å²) in [6, 6.07) is 0. The average Bonchev–Trinajstić information content (AvgIpc) is 2.62. The Labute approximate surface area is 60.0 Å². The molecule has 0 spiro atoms. The topological polar surface area (TPSA) is 30.7 Å². The third kappa shape index (κ3) is 1.03. The molecule has 0 saturated heterocycles. The van der Waals surface area contributed by atoms with Gasteiger partial charge in [-0.25, -0.2) is 0 Å². The number of hydrogen-bond donors (Lipinski definition) is 0. The monoisotopic (exact) mass is 137 g/mol. The van der Waals surface area contributed by atoms with Crippen molar-refractivity contribution >= 4 is 0 Å². The summed E-state index contributed by atoms with van der Waals surface area (Å²) < 4.78 is 1.86. The van der Waals surface area contributed by atoms with Gasteiger partial charge in [0.15, 0.2) is 0 Å². The fourth-order valence-corrected chi connectivity index (χ4v) is 1.11. The molecule has 1 saturated carbocycles. The van der Waals surface area contributed by atoms with Crippen molar-refractivity contribution < 1.29 is 0 Å². The Kier molecular flexibility index (Phi) is 1.22. The summed E-state index contributed by atoms with van der Waals surface area (Å²) in [6.07, 6.45) is 5.82. The first kappa shape index (κ1) is 5.89. The fourth-order valence-electron chi connectivity index (χ4n) is 1.11. The van der Waals surface area contributed by atoms with E-state index in [1.165, 1.54) is 25.0 Å². The highest BCUT2D eigenvalue weighted by molar-refractivity contribution is 4.97. The maximum Gasteiger partial charge on any atom is 0.0725 e. The van der Waals surface area contributed by atoms with Crippen LogP contribution in [0.3, 0.4) is 0 Å². The Hall–Kier alpha value is -0.860. The van der Waals surface area contributed by atoms with E-state index in [-0.39, 0.29) is 0 Å². The van der Waals surface area contributed by atoms with E-state index in [2.05, 4.69) is 10.3 Å². The van der Waals surface area contributed by atoms with E-state index >= 15 is 0 Å². The lowest BCUT2D eigenvalue weighted by molar-refractivity contribution is 0.655. The zero-order chi connectivity index (χ0) is 6.97. The number of aromatic nitrogens is 3. The highest BCUT2D eigenvalue weighted by Gasteiger charge is 2.22. The predicted molar refractivity (Wildman–Crippen MR) is 37.4 cm³/mol. The van der Waals surface area contributed by atoms with Crippen LogP contribution < -0.4 is 0 Å². The molecule has 1 aromatic rings. The van der Waals surface area contributed by atoms with E-state index in [4.69, 9.17) is 0 Å². The van der Waals surface area contributed by atoms with Crippen LogP contribution in [0.4, 0.5) is 0 Å². The van der Waals surface area contributed by atoms with Gasteiger partial charge in [0.05, 0.1) is 11.9 Å². The SMILES string of the molecule is Cn1nncc1CC1CC1. The van der Waals surface area contributed by atoms with Gasteiger partial charge in [-0.2, -0.15) is 0 Å². The molecular weight excluding hydrogens is 126 g/mol. The normalized spacial score (nSPS) is 17.7. The largest absolute Gasteiger partial charge is 0.252 e. The summed E-state index contributed by atoms with van der Waals surface area (Å²) in [4.78, 5) is 0. The van der Waals surface area contributed by atoms with Crippen LogP contribution in [0, 0.1) is 5.92 Å². The first-order chi connectivity index (χ1) is 4.86. The van der Waals surface area contributed by atoms with E-state index in [1.54, 1.807) is 0 Å². The van der Waals surface area contributed by atoms with Gasteiger partial charge < -0.3 is 0 Å². The molecule has 0 amide bonds. The number of rotatable bonds is 2. The van der Waals surface area contributed by atoms with E-state index in [1.807, 2.05) is 17.9 Å². The van der Waals surface area contributed by atoms with Crippen LogP contribution in [0.15, 0.2) is 6.20 Å². The second-order valence-electron chi connectivity index (χ2n) is 3.00. The molecular formula is C7H11N3. The van der Waals surface area contributed by atoms with Gasteiger partial charge >= 0.3 is 0 Å². The molecule has 1 aliphatic rings. The first-order valence-corrected chi connectivity index (χ1v) is 3.70. The Morgan fingerprint density at radius 3 is 3.00 bits per heavy atom. The molecule has 1 aromatic heterocycles. The second-order valence-corrected chi connectivity index (χ2v) is 3.00. The smallest absolute Gasteiger partial charge is 0.0725 e. The van der Waals surface area contributed by atoms with Crippen molar-refractivity contribution in [1.29, 1.82) is 0 Å². The van der Waals surface area contributed by atoms with Gasteiger partial charge in [0.25, 0.3) is 0 Å². The van der Waals surface area contributed by atoms with E-state index in [9.17, 15) is 0 Å². The molecule has 0 aliphatic heterocycles. The maximum atomic E-state index is 3.86. The van der Waals surface area contributed by atoms with E-state index in [0.717, 1.165) is 5.92 Å². The Bertz CT molecular complexity index is 225. The molecule has 10 heavy (non-hydrogen) atoms. The van der Waals surface area contributed by atoms with Crippen molar-refractivity contribution in [2.75, 3.05) is 0 Å². The van der Waals surface area contributed by atoms with Crippen molar-refractivity contribution in [2.24, 2.45) is 13.0 Å². The zero-order valence-corrected chi connectivity index (χ0v) is 6.12. The van der Waals surface area contributed by atoms with E-state index < -0.39 is 0 Å². The highest BCUT2D eigenvalue weighted by Crippen LogP contribution is 2.31. The minimum Gasteiger partial charge on any atom is -0.252 e. The van der Waals surface area contributed by atoms with Crippen LogP contribution in [0.25, 0.3) is 0 Å². The van der Waals surface area contributed by atoms with Crippen LogP contribution in [0.2, 0.25) is 0 Å². The molecule has 0 unspecified atom stereocenters. The Balaban J connectivity index is 2.08. The van der Waals surface area contributed by atoms with Crippen LogP contribution in [0.5, 0.6) is 0 Å². The molecule has 3 nitrogen and oxygen atoms in total. The van der Waals surface area contributed by atoms with Gasteiger partial charge in [-0.15, -0.1) is 5.10 Å². The highest BCUT2D eigenvalue weighted by atomic mass is 15.4. The summed E-state index contributed by atoms with van der Waals surface area (Å²) in [5.41, 5.74) is 1.27. The minimum absolute atomic E-state index is 0.928. The molecule has 2 rings (SSSR count). The number of aryl methyl sites for hydroxylation is 1. The van der Waals surface area contributed by atoms with Gasteiger partial charge in [0.2, 0.25) is 0 Å². The third-order valence-electron chi connectivity index (χ3n) is 2.00. The number of hydrogen-bond acceptors (Lipinski definition) is 2. The fraction of sp³-hybridized carbons (Fsp3) is 0.714. The van der Waals surface area contributed by atoms with Gasteiger partial charge in [-0.05, 0) is 25.2 Å². The predicted octanol–water partition coefficient (Wildman–Crippen LogP) is 0.768. The van der Waals surface area contributed by atoms with Gasteiger partial charge in [0.1, 0.15) is 0 Å². The van der Waals surface area contributed by atoms with Crippen molar-refractivity contribution in [2.45, 2.75) is 19.3 Å². The van der Waals surface area contributed by atoms with Crippen molar-refractivity contribution in [3.63, 3.8) is 0 Å². The summed E-state index contributed by atoms with van der Waals surface area (Å²) in [5, 5.41) is 7.68. The molecule has 0 aromatic carbocycles. The molecule has 0 bridgehead atoms. The van der Waals surface area contributed by atoms with Crippen molar-refractivity contribution in [3.8, 4) is 0 Å². The summed E-state index contributed by atoms with van der Waals surface area (Å²) >= 11 is 0. The van der Waals surface area contributed by atoms with Gasteiger partial charge in [-0.1, -0.05) is 5.21 Å². The van der Waals surface area contributed by atoms with Gasteiger partial charge in [-0.3, -0.25) is 4.68 Å². The first-order valence-electron chi connectivity index (χ1n) is 3.70. The lowest BCUT2D eigenvalue weighted by Gasteiger charge is -1.95. The molecule has 1 aliphatic carbocycles. The quantitative estimate of drug-likeness (QED) is 0.602. The van der Waals surface area contributed by atoms with Crippen LogP contribution >= 0.6 is 0 Å². The van der Waals surface area contributed by atoms with Crippen LogP contribution in [-0.4, -0.2) is 15.0 Å². The van der Waals surface area contributed by atoms with E-state index in [0.29, 0.717) is 0 Å². The van der Waals surface area contributed by atoms with Crippen LogP contribution in [-0.2, 0) is 13.5 Å². The van der Waals surface area contributed by atoms with Gasteiger partial charge in [0, 0.05) is 7.05 Å². The molecule has 1 fully saturated rings. The summed E-state index contributed by atoms with van der Waals surface area (Å²) in [7, 11) is 1.95. The summed E-state index contributed by atoms with van der Waals surface area (Å²) in [6.45, 7) is 0. The second kappa shape index (κ2) is 2.08.